The second-order valence-corrected chi connectivity index (χ2v) is 8.99. The highest BCUT2D eigenvalue weighted by Crippen LogP contribution is 2.41. The summed E-state index contributed by atoms with van der Waals surface area (Å²) in [6, 6.07) is 17.4. The molecule has 0 aliphatic carbocycles. The molecule has 5 nitrogen and oxygen atoms in total. The molecule has 184 valence electrons. The number of carbonyl (C=O) groups excluding carboxylic acids is 2. The number of carbonyl (C=O) groups is 2. The number of aliphatic hydroxyl groups excluding tert-OH is 1. The minimum absolute atomic E-state index is 0.0141. The predicted octanol–water partition coefficient (Wildman–Crippen LogP) is 5.65. The second-order valence-electron chi connectivity index (χ2n) is 8.99. The van der Waals surface area contributed by atoms with Gasteiger partial charge in [0.1, 0.15) is 17.6 Å². The number of amides is 1. The van der Waals surface area contributed by atoms with Crippen molar-refractivity contribution in [3.8, 4) is 5.75 Å². The van der Waals surface area contributed by atoms with E-state index in [9.17, 15) is 27.9 Å². The van der Waals surface area contributed by atoms with Gasteiger partial charge in [0.2, 0.25) is 0 Å². The molecule has 2 atom stereocenters. The normalized spacial score (nSPS) is 20.9. The van der Waals surface area contributed by atoms with Crippen LogP contribution in [-0.2, 0) is 28.7 Å². The smallest absolute Gasteiger partial charge is 0.416 e. The minimum Gasteiger partial charge on any atom is -0.507 e. The first-order valence-electron chi connectivity index (χ1n) is 11.4. The van der Waals surface area contributed by atoms with Crippen molar-refractivity contribution in [3.05, 3.63) is 106 Å². The summed E-state index contributed by atoms with van der Waals surface area (Å²) in [7, 11) is 0. The minimum atomic E-state index is -4.54. The first-order valence-corrected chi connectivity index (χ1v) is 11.4. The third kappa shape index (κ3) is 4.23. The number of hydrogen-bond acceptors (Lipinski definition) is 4. The van der Waals surface area contributed by atoms with Crippen molar-refractivity contribution >= 4 is 17.4 Å². The Morgan fingerprint density at radius 3 is 2.50 bits per heavy atom. The van der Waals surface area contributed by atoms with Gasteiger partial charge in [-0.1, -0.05) is 42.5 Å². The number of alkyl halides is 3. The van der Waals surface area contributed by atoms with Gasteiger partial charge in [-0.3, -0.25) is 9.59 Å². The summed E-state index contributed by atoms with van der Waals surface area (Å²) >= 11 is 0. The van der Waals surface area contributed by atoms with Gasteiger partial charge in [-0.15, -0.1) is 0 Å². The monoisotopic (exact) mass is 493 g/mol. The number of rotatable bonds is 4. The highest BCUT2D eigenvalue weighted by Gasteiger charge is 2.46. The van der Waals surface area contributed by atoms with E-state index in [1.807, 2.05) is 6.92 Å². The molecule has 36 heavy (non-hydrogen) atoms. The molecule has 5 rings (SSSR count). The lowest BCUT2D eigenvalue weighted by Crippen LogP contribution is -2.29. The van der Waals surface area contributed by atoms with Gasteiger partial charge in [-0.25, -0.2) is 0 Å². The Morgan fingerprint density at radius 1 is 1.03 bits per heavy atom. The maximum atomic E-state index is 13.3. The molecule has 2 aliphatic heterocycles. The number of Topliss-reactive ketones (excluding diaryl/α,β-unsaturated/α-hetero) is 1. The molecule has 1 N–H and O–H groups in total. The molecule has 1 fully saturated rings. The fraction of sp³-hybridized carbons (Fsp3) is 0.214. The molecule has 2 aliphatic rings. The lowest BCUT2D eigenvalue weighted by Gasteiger charge is -2.25. The Bertz CT molecular complexity index is 1380. The number of halogens is 3. The summed E-state index contributed by atoms with van der Waals surface area (Å²) in [5.41, 5.74) is 1.07. The van der Waals surface area contributed by atoms with E-state index in [4.69, 9.17) is 4.74 Å². The van der Waals surface area contributed by atoms with Crippen molar-refractivity contribution in [2.24, 2.45) is 0 Å². The number of hydrogen-bond donors (Lipinski definition) is 1. The maximum absolute atomic E-state index is 13.3. The third-order valence-corrected chi connectivity index (χ3v) is 6.43. The molecular weight excluding hydrogens is 471 g/mol. The summed E-state index contributed by atoms with van der Waals surface area (Å²) in [6.07, 6.45) is -3.92. The Morgan fingerprint density at radius 2 is 1.78 bits per heavy atom. The Balaban J connectivity index is 1.59. The molecule has 3 aromatic rings. The zero-order chi connectivity index (χ0) is 25.6. The second kappa shape index (κ2) is 8.86. The van der Waals surface area contributed by atoms with E-state index in [0.717, 1.165) is 17.7 Å². The number of benzene rings is 3. The molecule has 0 aromatic heterocycles. The first kappa shape index (κ1) is 23.7. The van der Waals surface area contributed by atoms with Crippen LogP contribution in [0.15, 0.2) is 78.4 Å². The molecule has 1 saturated heterocycles. The van der Waals surface area contributed by atoms with Crippen molar-refractivity contribution in [2.75, 3.05) is 0 Å². The highest BCUT2D eigenvalue weighted by molar-refractivity contribution is 6.46. The van der Waals surface area contributed by atoms with E-state index >= 15 is 0 Å². The predicted molar refractivity (Wildman–Crippen MR) is 126 cm³/mol. The summed E-state index contributed by atoms with van der Waals surface area (Å²) in [5.74, 6) is -1.42. The van der Waals surface area contributed by atoms with Gasteiger partial charge >= 0.3 is 6.18 Å². The molecule has 8 heteroatoms. The molecular formula is C28H22F3NO4. The van der Waals surface area contributed by atoms with E-state index in [0.29, 0.717) is 23.3 Å². The number of ketones is 1. The SMILES string of the molecule is CC1Cc2cc(/C(O)=C3/C(=O)C(=O)N(Cc4cccc(C(F)(F)F)c4)C3c3ccccc3)ccc2O1. The van der Waals surface area contributed by atoms with Crippen LogP contribution in [0.1, 0.15) is 40.8 Å². The molecule has 3 aromatic carbocycles. The van der Waals surface area contributed by atoms with Gasteiger partial charge in [0.05, 0.1) is 17.2 Å². The average Bonchev–Trinajstić information content (AvgIpc) is 3.35. The number of likely N-dealkylation sites (tertiary alicyclic amines) is 1. The van der Waals surface area contributed by atoms with Gasteiger partial charge in [0.25, 0.3) is 11.7 Å². The van der Waals surface area contributed by atoms with Crippen LogP contribution >= 0.6 is 0 Å². The fourth-order valence-corrected chi connectivity index (χ4v) is 4.79. The fourth-order valence-electron chi connectivity index (χ4n) is 4.79. The molecule has 0 spiro atoms. The number of aliphatic hydroxyl groups is 1. The summed E-state index contributed by atoms with van der Waals surface area (Å²) in [6.45, 7) is 1.69. The summed E-state index contributed by atoms with van der Waals surface area (Å²) < 4.78 is 45.5. The molecule has 2 unspecified atom stereocenters. The third-order valence-electron chi connectivity index (χ3n) is 6.43. The van der Waals surface area contributed by atoms with E-state index in [1.165, 1.54) is 17.0 Å². The van der Waals surface area contributed by atoms with Crippen LogP contribution in [0.5, 0.6) is 5.75 Å². The van der Waals surface area contributed by atoms with Crippen LogP contribution < -0.4 is 4.74 Å². The van der Waals surface area contributed by atoms with E-state index in [2.05, 4.69) is 0 Å². The molecule has 0 bridgehead atoms. The van der Waals surface area contributed by atoms with E-state index < -0.39 is 29.5 Å². The average molecular weight is 493 g/mol. The largest absolute Gasteiger partial charge is 0.507 e. The van der Waals surface area contributed by atoms with Gasteiger partial charge in [0, 0.05) is 18.5 Å². The number of nitrogens with zero attached hydrogens (tertiary/aromatic N) is 1. The van der Waals surface area contributed by atoms with Gasteiger partial charge in [0.15, 0.2) is 0 Å². The van der Waals surface area contributed by atoms with E-state index in [-0.39, 0.29) is 29.5 Å². The maximum Gasteiger partial charge on any atom is 0.416 e. The van der Waals surface area contributed by atoms with Crippen molar-refractivity contribution in [1.82, 2.24) is 4.90 Å². The quantitative estimate of drug-likeness (QED) is 0.290. The standard InChI is InChI=1S/C28H22F3NO4/c1-16-12-20-14-19(10-11-22(20)36-16)25(33)23-24(18-7-3-2-4-8-18)32(27(35)26(23)34)15-17-6-5-9-21(13-17)28(29,30)31/h2-11,13-14,16,24,33H,12,15H2,1H3/b25-23-. The molecule has 0 saturated carbocycles. The van der Waals surface area contributed by atoms with Gasteiger partial charge in [-0.2, -0.15) is 13.2 Å². The first-order chi connectivity index (χ1) is 17.1. The lowest BCUT2D eigenvalue weighted by atomic mass is 9.94. The Kier molecular flexibility index (Phi) is 5.82. The zero-order valence-electron chi connectivity index (χ0n) is 19.3. The van der Waals surface area contributed by atoms with Gasteiger partial charge < -0.3 is 14.7 Å². The van der Waals surface area contributed by atoms with Crippen LogP contribution in [0.4, 0.5) is 13.2 Å². The summed E-state index contributed by atoms with van der Waals surface area (Å²) in [5, 5.41) is 11.3. The van der Waals surface area contributed by atoms with Crippen LogP contribution in [0, 0.1) is 0 Å². The van der Waals surface area contributed by atoms with Crippen molar-refractivity contribution in [3.63, 3.8) is 0 Å². The Hall–Kier alpha value is -4.07. The van der Waals surface area contributed by atoms with Crippen LogP contribution in [0.3, 0.4) is 0 Å². The van der Waals surface area contributed by atoms with Crippen LogP contribution in [-0.4, -0.2) is 27.8 Å². The molecule has 1 amide bonds. The highest BCUT2D eigenvalue weighted by atomic mass is 19.4. The number of fused-ring (bicyclic) bond motifs is 1. The summed E-state index contributed by atoms with van der Waals surface area (Å²) in [4.78, 5) is 27.5. The van der Waals surface area contributed by atoms with Crippen molar-refractivity contribution in [2.45, 2.75) is 38.2 Å². The zero-order valence-corrected chi connectivity index (χ0v) is 19.3. The van der Waals surface area contributed by atoms with E-state index in [1.54, 1.807) is 48.5 Å². The van der Waals surface area contributed by atoms with Crippen molar-refractivity contribution < 1.29 is 32.6 Å². The van der Waals surface area contributed by atoms with Crippen LogP contribution in [0.25, 0.3) is 5.76 Å². The van der Waals surface area contributed by atoms with Gasteiger partial charge in [-0.05, 0) is 53.9 Å². The van der Waals surface area contributed by atoms with Crippen LogP contribution in [0.2, 0.25) is 0 Å². The lowest BCUT2D eigenvalue weighted by molar-refractivity contribution is -0.140. The topological polar surface area (TPSA) is 66.8 Å². The van der Waals surface area contributed by atoms with Crippen molar-refractivity contribution in [1.29, 1.82) is 0 Å². The molecule has 2 heterocycles. The molecule has 0 radical (unpaired) electrons. The Labute approximate surface area is 205 Å². The number of ether oxygens (including phenoxy) is 1.